The zero-order chi connectivity index (χ0) is 17.8. The van der Waals surface area contributed by atoms with Crippen molar-refractivity contribution in [2.24, 2.45) is 0 Å². The number of benzene rings is 2. The van der Waals surface area contributed by atoms with Crippen molar-refractivity contribution < 1.29 is 9.59 Å². The number of aromatic nitrogens is 2. The molecule has 2 amide bonds. The van der Waals surface area contributed by atoms with Crippen molar-refractivity contribution >= 4 is 34.2 Å². The van der Waals surface area contributed by atoms with Gasteiger partial charge in [-0.15, -0.1) is 0 Å². The SMILES string of the molecule is CC(=O)Nc1cccc(NC(=O)Cn2c(=O)cnc3ccccc32)c1. The number of nitrogens with one attached hydrogen (secondary N) is 2. The Bertz CT molecular complexity index is 1010. The molecule has 1 aromatic heterocycles. The first kappa shape index (κ1) is 16.4. The van der Waals surface area contributed by atoms with Crippen LogP contribution >= 0.6 is 0 Å². The van der Waals surface area contributed by atoms with Crippen molar-refractivity contribution in [1.29, 1.82) is 0 Å². The highest BCUT2D eigenvalue weighted by atomic mass is 16.2. The van der Waals surface area contributed by atoms with Gasteiger partial charge in [0, 0.05) is 18.3 Å². The van der Waals surface area contributed by atoms with Crippen molar-refractivity contribution in [2.45, 2.75) is 13.5 Å². The number of amides is 2. The summed E-state index contributed by atoms with van der Waals surface area (Å²) >= 11 is 0. The largest absolute Gasteiger partial charge is 0.326 e. The monoisotopic (exact) mass is 336 g/mol. The molecule has 7 heteroatoms. The summed E-state index contributed by atoms with van der Waals surface area (Å²) in [5, 5.41) is 5.37. The number of para-hydroxylation sites is 2. The molecule has 3 rings (SSSR count). The quantitative estimate of drug-likeness (QED) is 0.762. The number of rotatable bonds is 4. The summed E-state index contributed by atoms with van der Waals surface area (Å²) in [5.41, 5.74) is 2.00. The number of anilines is 2. The normalized spacial score (nSPS) is 10.4. The molecule has 3 aromatic rings. The van der Waals surface area contributed by atoms with Gasteiger partial charge in [0.25, 0.3) is 5.56 Å². The Morgan fingerprint density at radius 1 is 1.04 bits per heavy atom. The van der Waals surface area contributed by atoms with Gasteiger partial charge in [-0.3, -0.25) is 19.0 Å². The van der Waals surface area contributed by atoms with Gasteiger partial charge in [-0.05, 0) is 30.3 Å². The summed E-state index contributed by atoms with van der Waals surface area (Å²) in [4.78, 5) is 39.6. The smallest absolute Gasteiger partial charge is 0.269 e. The number of carbonyl (C=O) groups is 2. The van der Waals surface area contributed by atoms with Gasteiger partial charge in [0.15, 0.2) is 0 Å². The average Bonchev–Trinajstić information content (AvgIpc) is 2.57. The lowest BCUT2D eigenvalue weighted by molar-refractivity contribution is -0.116. The van der Waals surface area contributed by atoms with Gasteiger partial charge in [0.2, 0.25) is 11.8 Å². The Hall–Kier alpha value is -3.48. The second kappa shape index (κ2) is 6.96. The first-order valence-electron chi connectivity index (χ1n) is 7.65. The Balaban J connectivity index is 1.81. The van der Waals surface area contributed by atoms with Crippen molar-refractivity contribution in [3.8, 4) is 0 Å². The lowest BCUT2D eigenvalue weighted by atomic mass is 10.2. The highest BCUT2D eigenvalue weighted by Crippen LogP contribution is 2.15. The van der Waals surface area contributed by atoms with E-state index in [-0.39, 0.29) is 23.9 Å². The zero-order valence-electron chi connectivity index (χ0n) is 13.5. The lowest BCUT2D eigenvalue weighted by Crippen LogP contribution is -2.28. The van der Waals surface area contributed by atoms with Gasteiger partial charge in [0.05, 0.1) is 17.2 Å². The van der Waals surface area contributed by atoms with Crippen LogP contribution in [0.25, 0.3) is 11.0 Å². The number of nitrogens with zero attached hydrogens (tertiary/aromatic N) is 2. The van der Waals surface area contributed by atoms with Crippen LogP contribution in [-0.2, 0) is 16.1 Å². The van der Waals surface area contributed by atoms with Gasteiger partial charge in [-0.25, -0.2) is 4.98 Å². The van der Waals surface area contributed by atoms with E-state index in [2.05, 4.69) is 15.6 Å². The highest BCUT2D eigenvalue weighted by Gasteiger charge is 2.09. The third kappa shape index (κ3) is 3.89. The van der Waals surface area contributed by atoms with Gasteiger partial charge < -0.3 is 10.6 Å². The maximum absolute atomic E-state index is 12.3. The molecule has 1 heterocycles. The van der Waals surface area contributed by atoms with Crippen molar-refractivity contribution in [1.82, 2.24) is 9.55 Å². The summed E-state index contributed by atoms with van der Waals surface area (Å²) in [7, 11) is 0. The van der Waals surface area contributed by atoms with Gasteiger partial charge >= 0.3 is 0 Å². The summed E-state index contributed by atoms with van der Waals surface area (Å²) < 4.78 is 1.37. The maximum atomic E-state index is 12.3. The number of hydrogen-bond acceptors (Lipinski definition) is 4. The first-order valence-corrected chi connectivity index (χ1v) is 7.65. The minimum atomic E-state index is -0.349. The van der Waals surface area contributed by atoms with Gasteiger partial charge in [0.1, 0.15) is 6.54 Å². The molecular formula is C18H16N4O3. The third-order valence-electron chi connectivity index (χ3n) is 3.52. The number of hydrogen-bond donors (Lipinski definition) is 2. The molecule has 126 valence electrons. The molecule has 0 radical (unpaired) electrons. The minimum Gasteiger partial charge on any atom is -0.326 e. The molecule has 25 heavy (non-hydrogen) atoms. The van der Waals surface area contributed by atoms with Gasteiger partial charge in [-0.2, -0.15) is 0 Å². The van der Waals surface area contributed by atoms with E-state index >= 15 is 0 Å². The minimum absolute atomic E-state index is 0.133. The van der Waals surface area contributed by atoms with Crippen LogP contribution < -0.4 is 16.2 Å². The molecule has 2 N–H and O–H groups in total. The van der Waals surface area contributed by atoms with Crippen LogP contribution in [0.2, 0.25) is 0 Å². The predicted molar refractivity (Wildman–Crippen MR) is 95.4 cm³/mol. The van der Waals surface area contributed by atoms with E-state index in [1.165, 1.54) is 17.7 Å². The Kier molecular flexibility index (Phi) is 4.56. The first-order chi connectivity index (χ1) is 12.0. The summed E-state index contributed by atoms with van der Waals surface area (Å²) in [6.07, 6.45) is 1.20. The molecule has 2 aromatic carbocycles. The number of fused-ring (bicyclic) bond motifs is 1. The summed E-state index contributed by atoms with van der Waals surface area (Å²) in [6.45, 7) is 1.28. The van der Waals surface area contributed by atoms with E-state index in [9.17, 15) is 14.4 Å². The standard InChI is InChI=1S/C18H16N4O3/c1-12(23)20-13-5-4-6-14(9-13)21-17(24)11-22-16-8-3-2-7-15(16)19-10-18(22)25/h2-10H,11H2,1H3,(H,20,23)(H,21,24). The van der Waals surface area contributed by atoms with Crippen LogP contribution in [0.1, 0.15) is 6.92 Å². The highest BCUT2D eigenvalue weighted by molar-refractivity contribution is 5.93. The molecule has 0 aliphatic carbocycles. The number of carbonyl (C=O) groups excluding carboxylic acids is 2. The van der Waals surface area contributed by atoms with Crippen molar-refractivity contribution in [3.05, 3.63) is 65.1 Å². The van der Waals surface area contributed by atoms with E-state index in [0.717, 1.165) is 0 Å². The van der Waals surface area contributed by atoms with Crippen LogP contribution in [0.4, 0.5) is 11.4 Å². The van der Waals surface area contributed by atoms with Crippen LogP contribution in [-0.4, -0.2) is 21.4 Å². The molecule has 0 aliphatic heterocycles. The Morgan fingerprint density at radius 2 is 1.76 bits per heavy atom. The molecular weight excluding hydrogens is 320 g/mol. The molecule has 0 unspecified atom stereocenters. The van der Waals surface area contributed by atoms with Crippen molar-refractivity contribution in [3.63, 3.8) is 0 Å². The summed E-state index contributed by atoms with van der Waals surface area (Å²) in [6, 6.07) is 13.9. The lowest BCUT2D eigenvalue weighted by Gasteiger charge is -2.11. The van der Waals surface area contributed by atoms with Crippen LogP contribution in [0, 0.1) is 0 Å². The molecule has 0 aliphatic rings. The Labute approximate surface area is 143 Å². The average molecular weight is 336 g/mol. The molecule has 0 bridgehead atoms. The zero-order valence-corrected chi connectivity index (χ0v) is 13.5. The fraction of sp³-hybridized carbons (Fsp3) is 0.111. The molecule has 7 nitrogen and oxygen atoms in total. The maximum Gasteiger partial charge on any atom is 0.269 e. The molecule has 0 spiro atoms. The predicted octanol–water partition coefficient (Wildman–Crippen LogP) is 1.99. The fourth-order valence-electron chi connectivity index (χ4n) is 2.50. The van der Waals surface area contributed by atoms with E-state index in [4.69, 9.17) is 0 Å². The Morgan fingerprint density at radius 3 is 2.52 bits per heavy atom. The van der Waals surface area contributed by atoms with E-state index in [1.807, 2.05) is 6.07 Å². The fourth-order valence-corrected chi connectivity index (χ4v) is 2.50. The molecule has 0 saturated heterocycles. The van der Waals surface area contributed by atoms with E-state index in [0.29, 0.717) is 22.4 Å². The molecule has 0 atom stereocenters. The second-order valence-corrected chi connectivity index (χ2v) is 5.48. The van der Waals surface area contributed by atoms with Gasteiger partial charge in [-0.1, -0.05) is 18.2 Å². The van der Waals surface area contributed by atoms with Crippen LogP contribution in [0.15, 0.2) is 59.5 Å². The van der Waals surface area contributed by atoms with Crippen LogP contribution in [0.5, 0.6) is 0 Å². The molecule has 0 fully saturated rings. The summed E-state index contributed by atoms with van der Waals surface area (Å²) in [5.74, 6) is -0.545. The second-order valence-electron chi connectivity index (χ2n) is 5.48. The third-order valence-corrected chi connectivity index (χ3v) is 3.52. The molecule has 0 saturated carbocycles. The van der Waals surface area contributed by atoms with E-state index in [1.54, 1.807) is 42.5 Å². The topological polar surface area (TPSA) is 93.1 Å². The van der Waals surface area contributed by atoms with Crippen molar-refractivity contribution in [2.75, 3.05) is 10.6 Å². The van der Waals surface area contributed by atoms with E-state index < -0.39 is 0 Å². The van der Waals surface area contributed by atoms with Crippen LogP contribution in [0.3, 0.4) is 0 Å².